The molecule has 0 aliphatic carbocycles. The monoisotopic (exact) mass is 364 g/mol. The molecule has 1 saturated heterocycles. The SMILES string of the molecule is O=C(O)CN1CCC(N(c2ccccc2)c2ccc(C(F)(F)F)cc2)C1. The van der Waals surface area contributed by atoms with Gasteiger partial charge in [0.15, 0.2) is 0 Å². The number of carboxylic acids is 1. The van der Waals surface area contributed by atoms with Gasteiger partial charge >= 0.3 is 12.1 Å². The number of alkyl halides is 3. The zero-order chi connectivity index (χ0) is 18.7. The van der Waals surface area contributed by atoms with E-state index in [1.165, 1.54) is 12.1 Å². The van der Waals surface area contributed by atoms with Crippen LogP contribution in [-0.4, -0.2) is 41.7 Å². The number of carboxylic acid groups (broad SMARTS) is 1. The molecule has 1 atom stereocenters. The minimum Gasteiger partial charge on any atom is -0.480 e. The van der Waals surface area contributed by atoms with Crippen molar-refractivity contribution in [1.29, 1.82) is 0 Å². The summed E-state index contributed by atoms with van der Waals surface area (Å²) in [7, 11) is 0. The molecule has 1 heterocycles. The number of nitrogens with zero attached hydrogens (tertiary/aromatic N) is 2. The first-order valence-electron chi connectivity index (χ1n) is 8.30. The smallest absolute Gasteiger partial charge is 0.416 e. The predicted molar refractivity (Wildman–Crippen MR) is 92.5 cm³/mol. The third-order valence-corrected chi connectivity index (χ3v) is 4.48. The molecule has 2 aromatic carbocycles. The van der Waals surface area contributed by atoms with Crippen molar-refractivity contribution in [2.45, 2.75) is 18.6 Å². The van der Waals surface area contributed by atoms with Crippen LogP contribution in [0.4, 0.5) is 24.5 Å². The molecule has 26 heavy (non-hydrogen) atoms. The highest BCUT2D eigenvalue weighted by Crippen LogP contribution is 2.35. The van der Waals surface area contributed by atoms with Gasteiger partial charge in [-0.15, -0.1) is 0 Å². The molecule has 0 aromatic heterocycles. The van der Waals surface area contributed by atoms with Crippen LogP contribution in [0.5, 0.6) is 0 Å². The van der Waals surface area contributed by atoms with E-state index in [0.29, 0.717) is 18.8 Å². The quantitative estimate of drug-likeness (QED) is 0.871. The first-order chi connectivity index (χ1) is 12.3. The number of carbonyl (C=O) groups is 1. The summed E-state index contributed by atoms with van der Waals surface area (Å²) in [5, 5.41) is 8.98. The molecule has 0 bridgehead atoms. The average Bonchev–Trinajstić information content (AvgIpc) is 3.03. The Hall–Kier alpha value is -2.54. The van der Waals surface area contributed by atoms with E-state index in [4.69, 9.17) is 5.11 Å². The highest BCUT2D eigenvalue weighted by molar-refractivity contribution is 5.69. The molecule has 1 unspecified atom stereocenters. The number of anilines is 2. The van der Waals surface area contributed by atoms with Crippen LogP contribution in [0.15, 0.2) is 54.6 Å². The summed E-state index contributed by atoms with van der Waals surface area (Å²) in [5.41, 5.74) is 0.842. The molecule has 138 valence electrons. The number of halogens is 3. The second kappa shape index (κ2) is 7.37. The number of aliphatic carboxylic acids is 1. The van der Waals surface area contributed by atoms with Crippen LogP contribution in [0.3, 0.4) is 0 Å². The molecule has 7 heteroatoms. The van der Waals surface area contributed by atoms with Gasteiger partial charge in [-0.05, 0) is 42.8 Å². The largest absolute Gasteiger partial charge is 0.480 e. The number of para-hydroxylation sites is 1. The zero-order valence-corrected chi connectivity index (χ0v) is 14.0. The van der Waals surface area contributed by atoms with E-state index < -0.39 is 17.7 Å². The molecule has 1 aliphatic rings. The second-order valence-electron chi connectivity index (χ2n) is 6.32. The highest BCUT2D eigenvalue weighted by Gasteiger charge is 2.32. The molecular formula is C19H19F3N2O2. The van der Waals surface area contributed by atoms with E-state index in [2.05, 4.69) is 0 Å². The van der Waals surface area contributed by atoms with E-state index in [1.54, 1.807) is 0 Å². The summed E-state index contributed by atoms with van der Waals surface area (Å²) < 4.78 is 38.5. The summed E-state index contributed by atoms with van der Waals surface area (Å²) >= 11 is 0. The molecule has 0 radical (unpaired) electrons. The summed E-state index contributed by atoms with van der Waals surface area (Å²) in [6, 6.07) is 14.5. The maximum absolute atomic E-state index is 12.8. The fraction of sp³-hybridized carbons (Fsp3) is 0.316. The van der Waals surface area contributed by atoms with E-state index >= 15 is 0 Å². The van der Waals surface area contributed by atoms with Gasteiger partial charge < -0.3 is 10.0 Å². The Balaban J connectivity index is 1.89. The van der Waals surface area contributed by atoms with Crippen molar-refractivity contribution >= 4 is 17.3 Å². The first-order valence-corrected chi connectivity index (χ1v) is 8.30. The Kier molecular flexibility index (Phi) is 5.18. The average molecular weight is 364 g/mol. The third-order valence-electron chi connectivity index (χ3n) is 4.48. The maximum Gasteiger partial charge on any atom is 0.416 e. The number of likely N-dealkylation sites (tertiary alicyclic amines) is 1. The molecule has 3 rings (SSSR count). The first kappa shape index (κ1) is 18.3. The molecule has 0 spiro atoms. The molecule has 1 aliphatic heterocycles. The van der Waals surface area contributed by atoms with Crippen LogP contribution < -0.4 is 4.90 Å². The van der Waals surface area contributed by atoms with E-state index in [1.807, 2.05) is 40.1 Å². The highest BCUT2D eigenvalue weighted by atomic mass is 19.4. The summed E-state index contributed by atoms with van der Waals surface area (Å²) in [6.45, 7) is 1.15. The molecule has 1 fully saturated rings. The Morgan fingerprint density at radius 3 is 2.27 bits per heavy atom. The summed E-state index contributed by atoms with van der Waals surface area (Å²) in [4.78, 5) is 14.8. The van der Waals surface area contributed by atoms with Crippen LogP contribution >= 0.6 is 0 Å². The van der Waals surface area contributed by atoms with Crippen LogP contribution in [-0.2, 0) is 11.0 Å². The minimum absolute atomic E-state index is 0.00603. The Labute approximate surface area is 149 Å². The molecule has 1 N–H and O–H groups in total. The van der Waals surface area contributed by atoms with Crippen LogP contribution in [0.2, 0.25) is 0 Å². The second-order valence-corrected chi connectivity index (χ2v) is 6.32. The maximum atomic E-state index is 12.8. The Morgan fingerprint density at radius 1 is 1.08 bits per heavy atom. The van der Waals surface area contributed by atoms with Crippen LogP contribution in [0.25, 0.3) is 0 Å². The van der Waals surface area contributed by atoms with E-state index in [0.717, 1.165) is 24.2 Å². The van der Waals surface area contributed by atoms with Crippen LogP contribution in [0.1, 0.15) is 12.0 Å². The third kappa shape index (κ3) is 4.16. The van der Waals surface area contributed by atoms with Gasteiger partial charge in [0, 0.05) is 30.5 Å². The van der Waals surface area contributed by atoms with Crippen LogP contribution in [0, 0.1) is 0 Å². The number of rotatable bonds is 5. The predicted octanol–water partition coefficient (Wildman–Crippen LogP) is 4.00. The normalized spacial score (nSPS) is 18.0. The molecule has 4 nitrogen and oxygen atoms in total. The van der Waals surface area contributed by atoms with Crippen molar-refractivity contribution in [3.63, 3.8) is 0 Å². The summed E-state index contributed by atoms with van der Waals surface area (Å²) in [5.74, 6) is -0.883. The van der Waals surface area contributed by atoms with Gasteiger partial charge in [-0.25, -0.2) is 0 Å². The van der Waals surface area contributed by atoms with Crippen molar-refractivity contribution in [2.75, 3.05) is 24.5 Å². The molecule has 0 amide bonds. The fourth-order valence-electron chi connectivity index (χ4n) is 3.33. The lowest BCUT2D eigenvalue weighted by Crippen LogP contribution is -2.35. The Morgan fingerprint density at radius 2 is 1.69 bits per heavy atom. The van der Waals surface area contributed by atoms with Crippen molar-refractivity contribution in [3.8, 4) is 0 Å². The van der Waals surface area contributed by atoms with Crippen molar-refractivity contribution in [1.82, 2.24) is 4.90 Å². The van der Waals surface area contributed by atoms with Gasteiger partial charge in [0.1, 0.15) is 0 Å². The topological polar surface area (TPSA) is 43.8 Å². The van der Waals surface area contributed by atoms with Gasteiger partial charge in [-0.2, -0.15) is 13.2 Å². The Bertz CT molecular complexity index is 748. The molecular weight excluding hydrogens is 345 g/mol. The van der Waals surface area contributed by atoms with E-state index in [9.17, 15) is 18.0 Å². The lowest BCUT2D eigenvalue weighted by Gasteiger charge is -2.31. The van der Waals surface area contributed by atoms with Gasteiger partial charge in [0.2, 0.25) is 0 Å². The number of benzene rings is 2. The van der Waals surface area contributed by atoms with Crippen molar-refractivity contribution in [3.05, 3.63) is 60.2 Å². The zero-order valence-electron chi connectivity index (χ0n) is 14.0. The van der Waals surface area contributed by atoms with Gasteiger partial charge in [0.05, 0.1) is 12.1 Å². The minimum atomic E-state index is -4.37. The summed E-state index contributed by atoms with van der Waals surface area (Å²) in [6.07, 6.45) is -3.63. The van der Waals surface area contributed by atoms with Gasteiger partial charge in [-0.3, -0.25) is 9.69 Å². The number of hydrogen-bond donors (Lipinski definition) is 1. The lowest BCUT2D eigenvalue weighted by molar-refractivity contribution is -0.138. The standard InChI is InChI=1S/C19H19F3N2O2/c20-19(21,22)14-6-8-16(9-7-14)24(15-4-2-1-3-5-15)17-10-11-23(12-17)13-18(25)26/h1-9,17H,10-13H2,(H,25,26). The van der Waals surface area contributed by atoms with E-state index in [-0.39, 0.29) is 12.6 Å². The fourth-order valence-corrected chi connectivity index (χ4v) is 3.33. The van der Waals surface area contributed by atoms with Crippen molar-refractivity contribution < 1.29 is 23.1 Å². The lowest BCUT2D eigenvalue weighted by atomic mass is 10.1. The van der Waals surface area contributed by atoms with Gasteiger partial charge in [-0.1, -0.05) is 18.2 Å². The molecule has 2 aromatic rings. The van der Waals surface area contributed by atoms with Gasteiger partial charge in [0.25, 0.3) is 0 Å². The number of hydrogen-bond acceptors (Lipinski definition) is 3. The molecule has 0 saturated carbocycles. The van der Waals surface area contributed by atoms with Crippen molar-refractivity contribution in [2.24, 2.45) is 0 Å².